The second kappa shape index (κ2) is 5.81. The molecule has 108 valence electrons. The van der Waals surface area contributed by atoms with Crippen molar-refractivity contribution in [3.63, 3.8) is 0 Å². The molecule has 1 aliphatic rings. The Morgan fingerprint density at radius 2 is 1.95 bits per heavy atom. The fourth-order valence-electron chi connectivity index (χ4n) is 2.69. The first kappa shape index (κ1) is 14.8. The first-order valence-electron chi connectivity index (χ1n) is 6.98. The SMILES string of the molecule is Cc1nn(C)c(CNCC2(C)CCN(C)CC2)c1Cl. The van der Waals surface area contributed by atoms with E-state index in [4.69, 9.17) is 11.6 Å². The van der Waals surface area contributed by atoms with Crippen LogP contribution < -0.4 is 5.32 Å². The number of halogens is 1. The van der Waals surface area contributed by atoms with Crippen LogP contribution in [-0.4, -0.2) is 41.4 Å². The number of aryl methyl sites for hydroxylation is 2. The van der Waals surface area contributed by atoms with Crippen LogP contribution in [-0.2, 0) is 13.6 Å². The van der Waals surface area contributed by atoms with Crippen LogP contribution in [0, 0.1) is 12.3 Å². The molecular formula is C14H25ClN4. The van der Waals surface area contributed by atoms with Gasteiger partial charge in [0.05, 0.1) is 16.4 Å². The summed E-state index contributed by atoms with van der Waals surface area (Å²) in [4.78, 5) is 2.41. The third-order valence-electron chi connectivity index (χ3n) is 4.30. The minimum absolute atomic E-state index is 0.409. The van der Waals surface area contributed by atoms with Crippen molar-refractivity contribution in [2.75, 3.05) is 26.7 Å². The Morgan fingerprint density at radius 3 is 2.47 bits per heavy atom. The van der Waals surface area contributed by atoms with Gasteiger partial charge in [-0.1, -0.05) is 18.5 Å². The first-order chi connectivity index (χ1) is 8.91. The van der Waals surface area contributed by atoms with E-state index in [1.54, 1.807) is 0 Å². The molecule has 1 fully saturated rings. The maximum Gasteiger partial charge on any atom is 0.0860 e. The molecule has 0 spiro atoms. The molecule has 0 amide bonds. The topological polar surface area (TPSA) is 33.1 Å². The van der Waals surface area contributed by atoms with Crippen LogP contribution in [0.25, 0.3) is 0 Å². The van der Waals surface area contributed by atoms with Gasteiger partial charge >= 0.3 is 0 Å². The van der Waals surface area contributed by atoms with E-state index in [2.05, 4.69) is 29.3 Å². The molecule has 2 heterocycles. The highest BCUT2D eigenvalue weighted by molar-refractivity contribution is 6.31. The highest BCUT2D eigenvalue weighted by Gasteiger charge is 2.28. The minimum Gasteiger partial charge on any atom is -0.311 e. The van der Waals surface area contributed by atoms with Crippen molar-refractivity contribution >= 4 is 11.6 Å². The van der Waals surface area contributed by atoms with Gasteiger partial charge in [-0.25, -0.2) is 0 Å². The van der Waals surface area contributed by atoms with Crippen molar-refractivity contribution in [1.82, 2.24) is 20.0 Å². The monoisotopic (exact) mass is 284 g/mol. The van der Waals surface area contributed by atoms with Gasteiger partial charge < -0.3 is 10.2 Å². The summed E-state index contributed by atoms with van der Waals surface area (Å²) in [5, 5.41) is 8.69. The van der Waals surface area contributed by atoms with Gasteiger partial charge in [0, 0.05) is 20.1 Å². The number of likely N-dealkylation sites (tertiary alicyclic amines) is 1. The van der Waals surface area contributed by atoms with E-state index in [-0.39, 0.29) is 0 Å². The van der Waals surface area contributed by atoms with Gasteiger partial charge in [0.15, 0.2) is 0 Å². The van der Waals surface area contributed by atoms with E-state index in [1.807, 2.05) is 18.7 Å². The van der Waals surface area contributed by atoms with E-state index >= 15 is 0 Å². The molecule has 0 radical (unpaired) electrons. The highest BCUT2D eigenvalue weighted by atomic mass is 35.5. The van der Waals surface area contributed by atoms with Gasteiger partial charge in [0.2, 0.25) is 0 Å². The fourth-order valence-corrected chi connectivity index (χ4v) is 2.92. The second-order valence-electron chi connectivity index (χ2n) is 6.19. The van der Waals surface area contributed by atoms with Crippen LogP contribution in [0.2, 0.25) is 5.02 Å². The molecule has 0 saturated carbocycles. The first-order valence-corrected chi connectivity index (χ1v) is 7.36. The second-order valence-corrected chi connectivity index (χ2v) is 6.57. The van der Waals surface area contributed by atoms with Crippen molar-refractivity contribution < 1.29 is 0 Å². The zero-order valence-corrected chi connectivity index (χ0v) is 13.2. The summed E-state index contributed by atoms with van der Waals surface area (Å²) in [6.07, 6.45) is 2.52. The predicted octanol–water partition coefficient (Wildman–Crippen LogP) is 2.20. The minimum atomic E-state index is 0.409. The van der Waals surface area contributed by atoms with Crippen LogP contribution in [0.15, 0.2) is 0 Å². The summed E-state index contributed by atoms with van der Waals surface area (Å²) in [6.45, 7) is 8.56. The Hall–Kier alpha value is -0.580. The van der Waals surface area contributed by atoms with Crippen molar-refractivity contribution in [2.45, 2.75) is 33.2 Å². The summed E-state index contributed by atoms with van der Waals surface area (Å²) in [7, 11) is 4.15. The van der Waals surface area contributed by atoms with Gasteiger partial charge in [0.1, 0.15) is 0 Å². The Kier molecular flexibility index (Phi) is 4.54. The fraction of sp³-hybridized carbons (Fsp3) is 0.786. The Labute approximate surface area is 121 Å². The van der Waals surface area contributed by atoms with E-state index in [1.165, 1.54) is 25.9 Å². The number of hydrogen-bond donors (Lipinski definition) is 1. The van der Waals surface area contributed by atoms with Crippen LogP contribution in [0.5, 0.6) is 0 Å². The smallest absolute Gasteiger partial charge is 0.0860 e. The lowest BCUT2D eigenvalue weighted by Gasteiger charge is -2.38. The molecule has 1 saturated heterocycles. The number of piperidine rings is 1. The van der Waals surface area contributed by atoms with Gasteiger partial charge in [0.25, 0.3) is 0 Å². The normalized spacial score (nSPS) is 19.8. The molecule has 0 aliphatic carbocycles. The Morgan fingerprint density at radius 1 is 1.32 bits per heavy atom. The molecule has 1 aromatic rings. The molecule has 1 N–H and O–H groups in total. The van der Waals surface area contributed by atoms with Crippen molar-refractivity contribution in [3.05, 3.63) is 16.4 Å². The highest BCUT2D eigenvalue weighted by Crippen LogP contribution is 2.29. The molecule has 2 rings (SSSR count). The molecule has 5 heteroatoms. The summed E-state index contributed by atoms with van der Waals surface area (Å²) in [5.74, 6) is 0. The maximum atomic E-state index is 6.26. The third-order valence-corrected chi connectivity index (χ3v) is 4.79. The lowest BCUT2D eigenvalue weighted by atomic mass is 9.80. The summed E-state index contributed by atoms with van der Waals surface area (Å²) in [6, 6.07) is 0. The molecule has 1 aromatic heterocycles. The largest absolute Gasteiger partial charge is 0.311 e. The summed E-state index contributed by atoms with van der Waals surface area (Å²) < 4.78 is 1.88. The molecule has 19 heavy (non-hydrogen) atoms. The lowest BCUT2D eigenvalue weighted by molar-refractivity contribution is 0.136. The van der Waals surface area contributed by atoms with Crippen LogP contribution in [0.1, 0.15) is 31.2 Å². The van der Waals surface area contributed by atoms with Crippen molar-refractivity contribution in [3.8, 4) is 0 Å². The average Bonchev–Trinajstić information content (AvgIpc) is 2.60. The van der Waals surface area contributed by atoms with Crippen LogP contribution in [0.3, 0.4) is 0 Å². The standard InChI is InChI=1S/C14H25ClN4/c1-11-13(15)12(19(4)17-11)9-16-10-14(2)5-7-18(3)8-6-14/h16H,5-10H2,1-4H3. The third kappa shape index (κ3) is 3.50. The predicted molar refractivity (Wildman–Crippen MR) is 79.5 cm³/mol. The summed E-state index contributed by atoms with van der Waals surface area (Å²) in [5.41, 5.74) is 2.40. The van der Waals surface area contributed by atoms with Gasteiger partial charge in [-0.15, -0.1) is 0 Å². The molecule has 1 aliphatic heterocycles. The zero-order chi connectivity index (χ0) is 14.0. The molecular weight excluding hydrogens is 260 g/mol. The number of rotatable bonds is 4. The molecule has 0 atom stereocenters. The average molecular weight is 285 g/mol. The van der Waals surface area contributed by atoms with E-state index in [9.17, 15) is 0 Å². The van der Waals surface area contributed by atoms with Gasteiger partial charge in [-0.05, 0) is 45.3 Å². The molecule has 0 bridgehead atoms. The number of aromatic nitrogens is 2. The van der Waals surface area contributed by atoms with Crippen LogP contribution >= 0.6 is 11.6 Å². The van der Waals surface area contributed by atoms with Crippen molar-refractivity contribution in [1.29, 1.82) is 0 Å². The summed E-state index contributed by atoms with van der Waals surface area (Å²) >= 11 is 6.26. The lowest BCUT2D eigenvalue weighted by Crippen LogP contribution is -2.42. The number of nitrogens with one attached hydrogen (secondary N) is 1. The Balaban J connectivity index is 1.86. The molecule has 0 unspecified atom stereocenters. The van der Waals surface area contributed by atoms with Gasteiger partial charge in [-0.2, -0.15) is 5.10 Å². The Bertz CT molecular complexity index is 433. The quantitative estimate of drug-likeness (QED) is 0.920. The zero-order valence-electron chi connectivity index (χ0n) is 12.5. The molecule has 0 aromatic carbocycles. The maximum absolute atomic E-state index is 6.26. The van der Waals surface area contributed by atoms with Crippen LogP contribution in [0.4, 0.5) is 0 Å². The van der Waals surface area contributed by atoms with E-state index < -0.39 is 0 Å². The van der Waals surface area contributed by atoms with E-state index in [0.29, 0.717) is 5.41 Å². The molecule has 4 nitrogen and oxygen atoms in total. The van der Waals surface area contributed by atoms with Gasteiger partial charge in [-0.3, -0.25) is 4.68 Å². The van der Waals surface area contributed by atoms with Crippen molar-refractivity contribution in [2.24, 2.45) is 12.5 Å². The number of hydrogen-bond acceptors (Lipinski definition) is 3. The number of nitrogens with zero attached hydrogens (tertiary/aromatic N) is 3. The van der Waals surface area contributed by atoms with E-state index in [0.717, 1.165) is 29.5 Å².